The van der Waals surface area contributed by atoms with Crippen molar-refractivity contribution in [3.05, 3.63) is 48.6 Å². The van der Waals surface area contributed by atoms with Crippen molar-refractivity contribution in [1.82, 2.24) is 0 Å². The number of hydrogen-bond acceptors (Lipinski definition) is 0. The lowest BCUT2D eigenvalue weighted by Crippen LogP contribution is -1.74. The van der Waals surface area contributed by atoms with Gasteiger partial charge in [0.1, 0.15) is 0 Å². The van der Waals surface area contributed by atoms with Gasteiger partial charge in [0.25, 0.3) is 0 Å². The highest BCUT2D eigenvalue weighted by Gasteiger charge is 1.84. The lowest BCUT2D eigenvalue weighted by molar-refractivity contribution is 1.20. The van der Waals surface area contributed by atoms with Crippen molar-refractivity contribution in [1.29, 1.82) is 0 Å². The van der Waals surface area contributed by atoms with Gasteiger partial charge in [0, 0.05) is 0 Å². The van der Waals surface area contributed by atoms with Crippen LogP contribution in [-0.4, -0.2) is 0 Å². The standard InChI is InChI=1S/C11H16/c1-5-7-10(3)9-11(4)8-6-2/h5-7,9H,1-2,8H2,3-4H3/b10-7-,11-9+. The van der Waals surface area contributed by atoms with Crippen molar-refractivity contribution in [2.45, 2.75) is 20.3 Å². The van der Waals surface area contributed by atoms with E-state index in [1.54, 1.807) is 6.08 Å². The average Bonchev–Trinajstić information content (AvgIpc) is 1.87. The molecule has 0 bridgehead atoms. The van der Waals surface area contributed by atoms with Crippen LogP contribution in [0.5, 0.6) is 0 Å². The molecule has 0 aliphatic carbocycles. The van der Waals surface area contributed by atoms with Gasteiger partial charge in [-0.1, -0.05) is 42.0 Å². The van der Waals surface area contributed by atoms with Crippen molar-refractivity contribution < 1.29 is 0 Å². The van der Waals surface area contributed by atoms with E-state index in [1.165, 1.54) is 11.1 Å². The summed E-state index contributed by atoms with van der Waals surface area (Å²) in [6.45, 7) is 11.5. The molecule has 0 aromatic heterocycles. The first kappa shape index (κ1) is 9.96. The van der Waals surface area contributed by atoms with Gasteiger partial charge >= 0.3 is 0 Å². The molecular weight excluding hydrogens is 132 g/mol. The Labute approximate surface area is 69.6 Å². The SMILES string of the molecule is C=C/C=C(C)\C=C(/C)CC=C. The van der Waals surface area contributed by atoms with Gasteiger partial charge < -0.3 is 0 Å². The van der Waals surface area contributed by atoms with Crippen molar-refractivity contribution >= 4 is 0 Å². The molecule has 0 aliphatic heterocycles. The Morgan fingerprint density at radius 3 is 2.36 bits per heavy atom. The minimum Gasteiger partial charge on any atom is -0.103 e. The summed E-state index contributed by atoms with van der Waals surface area (Å²) in [5, 5.41) is 0. The summed E-state index contributed by atoms with van der Waals surface area (Å²) < 4.78 is 0. The topological polar surface area (TPSA) is 0 Å². The summed E-state index contributed by atoms with van der Waals surface area (Å²) in [5.41, 5.74) is 2.56. The number of rotatable bonds is 4. The second-order valence-corrected chi connectivity index (χ2v) is 2.63. The normalized spacial score (nSPS) is 12.9. The number of allylic oxidation sites excluding steroid dienone is 6. The van der Waals surface area contributed by atoms with E-state index in [2.05, 4.69) is 33.1 Å². The van der Waals surface area contributed by atoms with Crippen molar-refractivity contribution in [2.75, 3.05) is 0 Å². The Hall–Kier alpha value is -1.04. The molecule has 0 aromatic rings. The van der Waals surface area contributed by atoms with Crippen LogP contribution in [0.4, 0.5) is 0 Å². The molecule has 0 saturated heterocycles. The largest absolute Gasteiger partial charge is 0.103 e. The first-order valence-electron chi connectivity index (χ1n) is 3.78. The molecule has 0 radical (unpaired) electrons. The van der Waals surface area contributed by atoms with E-state index in [0.717, 1.165) is 6.42 Å². The van der Waals surface area contributed by atoms with Gasteiger partial charge in [0.15, 0.2) is 0 Å². The average molecular weight is 148 g/mol. The van der Waals surface area contributed by atoms with Gasteiger partial charge in [0.2, 0.25) is 0 Å². The lowest BCUT2D eigenvalue weighted by Gasteiger charge is -1.94. The Morgan fingerprint density at radius 1 is 1.27 bits per heavy atom. The Balaban J connectivity index is 4.16. The number of hydrogen-bond donors (Lipinski definition) is 0. The van der Waals surface area contributed by atoms with E-state index >= 15 is 0 Å². The molecular formula is C11H16. The molecule has 0 unspecified atom stereocenters. The first-order valence-corrected chi connectivity index (χ1v) is 3.78. The van der Waals surface area contributed by atoms with Crippen LogP contribution in [0.1, 0.15) is 20.3 Å². The van der Waals surface area contributed by atoms with Crippen LogP contribution in [0.25, 0.3) is 0 Å². The zero-order chi connectivity index (χ0) is 8.69. The molecule has 0 aromatic carbocycles. The molecule has 0 fully saturated rings. The fraction of sp³-hybridized carbons (Fsp3) is 0.273. The van der Waals surface area contributed by atoms with Crippen LogP contribution >= 0.6 is 0 Å². The van der Waals surface area contributed by atoms with Crippen LogP contribution in [0.15, 0.2) is 48.6 Å². The van der Waals surface area contributed by atoms with E-state index < -0.39 is 0 Å². The van der Waals surface area contributed by atoms with Gasteiger partial charge in [-0.25, -0.2) is 0 Å². The van der Waals surface area contributed by atoms with E-state index in [-0.39, 0.29) is 0 Å². The highest BCUT2D eigenvalue weighted by atomic mass is 13.9. The van der Waals surface area contributed by atoms with E-state index in [4.69, 9.17) is 0 Å². The first-order chi connectivity index (χ1) is 5.20. The third-order valence-corrected chi connectivity index (χ3v) is 1.32. The fourth-order valence-corrected chi connectivity index (χ4v) is 0.909. The molecule has 0 amide bonds. The maximum Gasteiger partial charge on any atom is -0.0141 e. The van der Waals surface area contributed by atoms with E-state index in [1.807, 2.05) is 12.2 Å². The van der Waals surface area contributed by atoms with Gasteiger partial charge in [-0.15, -0.1) is 6.58 Å². The van der Waals surface area contributed by atoms with E-state index in [0.29, 0.717) is 0 Å². The van der Waals surface area contributed by atoms with Crippen LogP contribution in [-0.2, 0) is 0 Å². The fourth-order valence-electron chi connectivity index (χ4n) is 0.909. The minimum absolute atomic E-state index is 0.961. The quantitative estimate of drug-likeness (QED) is 0.422. The highest BCUT2D eigenvalue weighted by Crippen LogP contribution is 2.05. The molecule has 0 spiro atoms. The summed E-state index contributed by atoms with van der Waals surface area (Å²) in [6.07, 6.45) is 8.80. The van der Waals surface area contributed by atoms with Gasteiger partial charge in [-0.3, -0.25) is 0 Å². The monoisotopic (exact) mass is 148 g/mol. The molecule has 0 heterocycles. The maximum atomic E-state index is 3.67. The third-order valence-electron chi connectivity index (χ3n) is 1.32. The predicted octanol–water partition coefficient (Wildman–Crippen LogP) is 3.64. The summed E-state index contributed by atoms with van der Waals surface area (Å²) in [5.74, 6) is 0. The van der Waals surface area contributed by atoms with E-state index in [9.17, 15) is 0 Å². The zero-order valence-electron chi connectivity index (χ0n) is 7.43. The van der Waals surface area contributed by atoms with Crippen LogP contribution in [0, 0.1) is 0 Å². The Morgan fingerprint density at radius 2 is 1.91 bits per heavy atom. The van der Waals surface area contributed by atoms with Crippen molar-refractivity contribution in [3.63, 3.8) is 0 Å². The van der Waals surface area contributed by atoms with Crippen LogP contribution < -0.4 is 0 Å². The second-order valence-electron chi connectivity index (χ2n) is 2.63. The van der Waals surface area contributed by atoms with Crippen LogP contribution in [0.3, 0.4) is 0 Å². The summed E-state index contributed by atoms with van der Waals surface area (Å²) >= 11 is 0. The Kier molecular flexibility index (Phi) is 5.18. The van der Waals surface area contributed by atoms with Crippen molar-refractivity contribution in [3.8, 4) is 0 Å². The molecule has 11 heavy (non-hydrogen) atoms. The van der Waals surface area contributed by atoms with Crippen molar-refractivity contribution in [2.24, 2.45) is 0 Å². The maximum absolute atomic E-state index is 3.67. The smallest absolute Gasteiger partial charge is 0.0141 e. The molecule has 0 N–H and O–H groups in total. The summed E-state index contributed by atoms with van der Waals surface area (Å²) in [7, 11) is 0. The summed E-state index contributed by atoms with van der Waals surface area (Å²) in [6, 6.07) is 0. The minimum atomic E-state index is 0.961. The second kappa shape index (κ2) is 5.72. The molecule has 0 nitrogen and oxygen atoms in total. The molecule has 0 heteroatoms. The van der Waals surface area contributed by atoms with Gasteiger partial charge in [0.05, 0.1) is 0 Å². The molecule has 0 rings (SSSR count). The summed E-state index contributed by atoms with van der Waals surface area (Å²) in [4.78, 5) is 0. The van der Waals surface area contributed by atoms with Gasteiger partial charge in [-0.05, 0) is 20.3 Å². The molecule has 0 aliphatic rings. The Bertz CT molecular complexity index is 192. The molecule has 0 atom stereocenters. The lowest BCUT2D eigenvalue weighted by atomic mass is 10.1. The zero-order valence-corrected chi connectivity index (χ0v) is 7.43. The van der Waals surface area contributed by atoms with Crippen LogP contribution in [0.2, 0.25) is 0 Å². The molecule has 60 valence electrons. The highest BCUT2D eigenvalue weighted by molar-refractivity contribution is 5.24. The third kappa shape index (κ3) is 5.41. The van der Waals surface area contributed by atoms with Gasteiger partial charge in [-0.2, -0.15) is 0 Å². The predicted molar refractivity (Wildman–Crippen MR) is 52.5 cm³/mol. The molecule has 0 saturated carbocycles.